The maximum Gasteiger partial charge on any atom is 0.416 e. The SMILES string of the molecule is CC(=O)CO[C@H](O[C@H](C)c1cc(C(F)(F)F)cc(C(F)(F)F)c1)C(=O)c1ccc(F)cc1. The minimum Gasteiger partial charge on any atom is -0.338 e. The lowest BCUT2D eigenvalue weighted by Gasteiger charge is -2.23. The van der Waals surface area contributed by atoms with Crippen molar-refractivity contribution in [2.24, 2.45) is 0 Å². The van der Waals surface area contributed by atoms with E-state index >= 15 is 0 Å². The quantitative estimate of drug-likeness (QED) is 0.282. The van der Waals surface area contributed by atoms with Crippen LogP contribution in [0.3, 0.4) is 0 Å². The fraction of sp³-hybridized carbons (Fsp3) is 0.333. The van der Waals surface area contributed by atoms with Crippen molar-refractivity contribution < 1.29 is 49.8 Å². The average molecular weight is 466 g/mol. The highest BCUT2D eigenvalue weighted by atomic mass is 19.4. The highest BCUT2D eigenvalue weighted by Crippen LogP contribution is 2.38. The minimum atomic E-state index is -5.07. The molecule has 2 atom stereocenters. The van der Waals surface area contributed by atoms with Crippen LogP contribution < -0.4 is 0 Å². The van der Waals surface area contributed by atoms with Crippen LogP contribution in [0.1, 0.15) is 47.0 Å². The van der Waals surface area contributed by atoms with E-state index in [0.717, 1.165) is 38.1 Å². The molecule has 0 aromatic heterocycles. The van der Waals surface area contributed by atoms with Crippen molar-refractivity contribution in [3.8, 4) is 0 Å². The first-order valence-corrected chi connectivity index (χ1v) is 9.04. The molecule has 0 spiro atoms. The lowest BCUT2D eigenvalue weighted by Crippen LogP contribution is -2.30. The Balaban J connectivity index is 2.39. The Hall–Kier alpha value is -2.79. The van der Waals surface area contributed by atoms with Gasteiger partial charge in [0.25, 0.3) is 0 Å². The second kappa shape index (κ2) is 9.78. The summed E-state index contributed by atoms with van der Waals surface area (Å²) in [6, 6.07) is 4.98. The number of benzene rings is 2. The molecular weight excluding hydrogens is 449 g/mol. The van der Waals surface area contributed by atoms with Crippen LogP contribution in [0.25, 0.3) is 0 Å². The molecular formula is C21H17F7O4. The fourth-order valence-electron chi connectivity index (χ4n) is 2.60. The van der Waals surface area contributed by atoms with E-state index in [4.69, 9.17) is 9.47 Å². The van der Waals surface area contributed by atoms with Crippen LogP contribution in [0.2, 0.25) is 0 Å². The Kier molecular flexibility index (Phi) is 7.79. The van der Waals surface area contributed by atoms with E-state index in [0.29, 0.717) is 12.1 Å². The van der Waals surface area contributed by atoms with Crippen LogP contribution >= 0.6 is 0 Å². The zero-order chi connectivity index (χ0) is 24.3. The Labute approximate surface area is 177 Å². The number of ketones is 2. The third-order valence-corrected chi connectivity index (χ3v) is 4.19. The van der Waals surface area contributed by atoms with Gasteiger partial charge in [0.05, 0.1) is 17.2 Å². The summed E-state index contributed by atoms with van der Waals surface area (Å²) in [5.41, 5.74) is -3.73. The van der Waals surface area contributed by atoms with E-state index in [2.05, 4.69) is 0 Å². The van der Waals surface area contributed by atoms with Crippen molar-refractivity contribution in [1.82, 2.24) is 0 Å². The molecule has 0 heterocycles. The number of carbonyl (C=O) groups is 2. The summed E-state index contributed by atoms with van der Waals surface area (Å²) in [5, 5.41) is 0. The second-order valence-electron chi connectivity index (χ2n) is 6.83. The Bertz CT molecular complexity index is 933. The molecule has 0 bridgehead atoms. The van der Waals surface area contributed by atoms with Crippen LogP contribution in [0.15, 0.2) is 42.5 Å². The summed E-state index contributed by atoms with van der Waals surface area (Å²) >= 11 is 0. The minimum absolute atomic E-state index is 0.0381. The van der Waals surface area contributed by atoms with Crippen LogP contribution in [0, 0.1) is 5.82 Å². The third kappa shape index (κ3) is 6.86. The number of alkyl halides is 6. The standard InChI is InChI=1S/C21H17F7O4/c1-11(29)10-31-19(18(30)13-3-5-17(22)6-4-13)32-12(2)14-7-15(20(23,24)25)9-16(8-14)21(26,27)28/h3-9,12,19H,10H2,1-2H3/t12-,19-/m1/s1. The predicted molar refractivity (Wildman–Crippen MR) is 97.1 cm³/mol. The van der Waals surface area contributed by atoms with Gasteiger partial charge in [0, 0.05) is 5.56 Å². The number of hydrogen-bond donors (Lipinski definition) is 0. The number of halogens is 7. The van der Waals surface area contributed by atoms with Gasteiger partial charge in [0.1, 0.15) is 12.4 Å². The van der Waals surface area contributed by atoms with Crippen molar-refractivity contribution in [3.63, 3.8) is 0 Å². The molecule has 0 amide bonds. The molecule has 2 rings (SSSR count). The summed E-state index contributed by atoms with van der Waals surface area (Å²) in [5.74, 6) is -2.07. The Morgan fingerprint density at radius 1 is 0.906 bits per heavy atom. The van der Waals surface area contributed by atoms with Gasteiger partial charge < -0.3 is 9.47 Å². The number of Topliss-reactive ketones (excluding diaryl/α,β-unsaturated/α-hetero) is 2. The molecule has 174 valence electrons. The molecule has 4 nitrogen and oxygen atoms in total. The van der Waals surface area contributed by atoms with Gasteiger partial charge in [-0.2, -0.15) is 26.3 Å². The van der Waals surface area contributed by atoms with Gasteiger partial charge in [0.2, 0.25) is 12.1 Å². The van der Waals surface area contributed by atoms with Crippen molar-refractivity contribution in [1.29, 1.82) is 0 Å². The first-order chi connectivity index (χ1) is 14.7. The van der Waals surface area contributed by atoms with Gasteiger partial charge in [-0.1, -0.05) is 0 Å². The van der Waals surface area contributed by atoms with Gasteiger partial charge in [0.15, 0.2) is 5.78 Å². The third-order valence-electron chi connectivity index (χ3n) is 4.19. The number of ether oxygens (including phenoxy) is 2. The van der Waals surface area contributed by atoms with E-state index in [1.807, 2.05) is 0 Å². The van der Waals surface area contributed by atoms with Gasteiger partial charge in [-0.3, -0.25) is 9.59 Å². The molecule has 2 aromatic carbocycles. The fourth-order valence-corrected chi connectivity index (χ4v) is 2.60. The first kappa shape index (κ1) is 25.5. The molecule has 11 heteroatoms. The Morgan fingerprint density at radius 2 is 1.41 bits per heavy atom. The summed E-state index contributed by atoms with van der Waals surface area (Å²) in [4.78, 5) is 23.9. The molecule has 0 aliphatic heterocycles. The number of rotatable bonds is 8. The highest BCUT2D eigenvalue weighted by molar-refractivity contribution is 5.98. The van der Waals surface area contributed by atoms with Crippen molar-refractivity contribution in [3.05, 3.63) is 70.5 Å². The van der Waals surface area contributed by atoms with Gasteiger partial charge in [-0.15, -0.1) is 0 Å². The summed E-state index contributed by atoms with van der Waals surface area (Å²) in [7, 11) is 0. The molecule has 0 fully saturated rings. The lowest BCUT2D eigenvalue weighted by atomic mass is 10.0. The van der Waals surface area contributed by atoms with Crippen molar-refractivity contribution in [2.45, 2.75) is 38.6 Å². The smallest absolute Gasteiger partial charge is 0.338 e. The molecule has 2 aromatic rings. The van der Waals surface area contributed by atoms with E-state index in [1.54, 1.807) is 0 Å². The predicted octanol–water partition coefficient (Wildman–Crippen LogP) is 5.76. The van der Waals surface area contributed by atoms with E-state index in [1.165, 1.54) is 0 Å². The largest absolute Gasteiger partial charge is 0.416 e. The monoisotopic (exact) mass is 466 g/mol. The number of carbonyl (C=O) groups excluding carboxylic acids is 2. The maximum absolute atomic E-state index is 13.1. The summed E-state index contributed by atoms with van der Waals surface area (Å²) in [6.07, 6.45) is -13.4. The van der Waals surface area contributed by atoms with Crippen LogP contribution in [0.5, 0.6) is 0 Å². The number of hydrogen-bond acceptors (Lipinski definition) is 4. The van der Waals surface area contributed by atoms with E-state index in [9.17, 15) is 40.3 Å². The van der Waals surface area contributed by atoms with E-state index < -0.39 is 65.4 Å². The molecule has 0 aliphatic carbocycles. The van der Waals surface area contributed by atoms with Gasteiger partial charge in [-0.25, -0.2) is 4.39 Å². The topological polar surface area (TPSA) is 52.6 Å². The van der Waals surface area contributed by atoms with E-state index in [-0.39, 0.29) is 11.6 Å². The molecule has 0 aliphatic rings. The molecule has 32 heavy (non-hydrogen) atoms. The average Bonchev–Trinajstić information content (AvgIpc) is 2.69. The van der Waals surface area contributed by atoms with Crippen molar-refractivity contribution >= 4 is 11.6 Å². The normalized spacial score (nSPS) is 14.2. The summed E-state index contributed by atoms with van der Waals surface area (Å²) < 4.78 is 102. The highest BCUT2D eigenvalue weighted by Gasteiger charge is 2.37. The van der Waals surface area contributed by atoms with Crippen LogP contribution in [-0.4, -0.2) is 24.5 Å². The first-order valence-electron chi connectivity index (χ1n) is 9.04. The van der Waals surface area contributed by atoms with Crippen molar-refractivity contribution in [2.75, 3.05) is 6.61 Å². The molecule has 0 saturated heterocycles. The summed E-state index contributed by atoms with van der Waals surface area (Å²) in [6.45, 7) is 1.64. The zero-order valence-electron chi connectivity index (χ0n) is 16.7. The maximum atomic E-state index is 13.1. The molecule has 0 radical (unpaired) electrons. The molecule has 0 unspecified atom stereocenters. The second-order valence-corrected chi connectivity index (χ2v) is 6.83. The lowest BCUT2D eigenvalue weighted by molar-refractivity contribution is -0.153. The van der Waals surface area contributed by atoms with Crippen LogP contribution in [0.4, 0.5) is 30.7 Å². The van der Waals surface area contributed by atoms with Gasteiger partial charge >= 0.3 is 12.4 Å². The molecule has 0 saturated carbocycles. The van der Waals surface area contributed by atoms with Crippen LogP contribution in [-0.2, 0) is 26.6 Å². The molecule has 0 N–H and O–H groups in total. The van der Waals surface area contributed by atoms with Gasteiger partial charge in [-0.05, 0) is 61.9 Å². The zero-order valence-corrected chi connectivity index (χ0v) is 16.7. The Morgan fingerprint density at radius 3 is 1.84 bits per heavy atom.